The Hall–Kier alpha value is -2.31. The summed E-state index contributed by atoms with van der Waals surface area (Å²) in [6.45, 7) is 12.1. The lowest BCUT2D eigenvalue weighted by atomic mass is 9.70. The maximum atomic E-state index is 14.8. The van der Waals surface area contributed by atoms with Gasteiger partial charge in [0.15, 0.2) is 0 Å². The minimum atomic E-state index is -1.02. The van der Waals surface area contributed by atoms with Crippen molar-refractivity contribution in [1.29, 1.82) is 0 Å². The van der Waals surface area contributed by atoms with Crippen LogP contribution in [0.5, 0.6) is 0 Å². The first-order chi connectivity index (χ1) is 15.9. The molecule has 4 nitrogen and oxygen atoms in total. The van der Waals surface area contributed by atoms with Gasteiger partial charge in [-0.2, -0.15) is 0 Å². The molecule has 2 saturated heterocycles. The molecular weight excluding hydrogens is 434 g/mol. The summed E-state index contributed by atoms with van der Waals surface area (Å²) in [5.41, 5.74) is 0.0616. The van der Waals surface area contributed by atoms with Crippen LogP contribution in [-0.2, 0) is 10.4 Å². The molecule has 0 radical (unpaired) electrons. The first-order valence-electron chi connectivity index (χ1n) is 12.2. The summed E-state index contributed by atoms with van der Waals surface area (Å²) >= 11 is 0. The average molecular weight is 471 g/mol. The molecule has 2 aliphatic heterocycles. The molecule has 2 aliphatic rings. The highest BCUT2D eigenvalue weighted by molar-refractivity contribution is 5.81. The van der Waals surface area contributed by atoms with Crippen molar-refractivity contribution < 1.29 is 18.7 Å². The van der Waals surface area contributed by atoms with Crippen LogP contribution in [0, 0.1) is 29.4 Å². The Kier molecular flexibility index (Phi) is 6.60. The van der Waals surface area contributed by atoms with Crippen LogP contribution in [-0.4, -0.2) is 52.5 Å². The normalized spacial score (nSPS) is 30.5. The van der Waals surface area contributed by atoms with E-state index in [4.69, 9.17) is 0 Å². The van der Waals surface area contributed by atoms with Gasteiger partial charge in [-0.05, 0) is 38.0 Å². The van der Waals surface area contributed by atoms with Crippen LogP contribution >= 0.6 is 0 Å². The quantitative estimate of drug-likeness (QED) is 0.702. The maximum Gasteiger partial charge on any atom is 0.227 e. The van der Waals surface area contributed by atoms with Crippen molar-refractivity contribution in [2.75, 3.05) is 26.2 Å². The minimum absolute atomic E-state index is 0.0192. The number of aliphatic hydroxyl groups is 1. The van der Waals surface area contributed by atoms with Crippen molar-refractivity contribution in [1.82, 2.24) is 9.80 Å². The smallest absolute Gasteiger partial charge is 0.227 e. The van der Waals surface area contributed by atoms with Crippen LogP contribution in [0.2, 0.25) is 0 Å². The monoisotopic (exact) mass is 470 g/mol. The third-order valence-electron chi connectivity index (χ3n) is 7.99. The number of carbonyl (C=O) groups is 1. The van der Waals surface area contributed by atoms with E-state index < -0.39 is 23.2 Å². The Morgan fingerprint density at radius 3 is 2.15 bits per heavy atom. The van der Waals surface area contributed by atoms with Gasteiger partial charge in [0, 0.05) is 55.5 Å². The Balaban J connectivity index is 1.61. The molecule has 2 heterocycles. The molecule has 184 valence electrons. The Bertz CT molecular complexity index is 1020. The number of nitrogens with zero attached hydrogens (tertiary/aromatic N) is 2. The number of hydrogen-bond acceptors (Lipinski definition) is 3. The molecule has 5 atom stereocenters. The van der Waals surface area contributed by atoms with Gasteiger partial charge in [-0.1, -0.05) is 50.2 Å². The number of benzene rings is 2. The van der Waals surface area contributed by atoms with E-state index in [1.165, 1.54) is 12.1 Å². The highest BCUT2D eigenvalue weighted by Crippen LogP contribution is 2.43. The predicted molar refractivity (Wildman–Crippen MR) is 129 cm³/mol. The molecule has 0 aliphatic carbocycles. The van der Waals surface area contributed by atoms with E-state index in [1.54, 1.807) is 0 Å². The summed E-state index contributed by atoms with van der Waals surface area (Å²) in [6.07, 6.45) is 0. The highest BCUT2D eigenvalue weighted by Gasteiger charge is 2.50. The molecule has 34 heavy (non-hydrogen) atoms. The molecule has 2 fully saturated rings. The second kappa shape index (κ2) is 9.04. The topological polar surface area (TPSA) is 43.8 Å². The molecule has 0 aromatic heterocycles. The molecule has 0 saturated carbocycles. The zero-order chi connectivity index (χ0) is 24.8. The van der Waals surface area contributed by atoms with E-state index in [-0.39, 0.29) is 29.2 Å². The van der Waals surface area contributed by atoms with Gasteiger partial charge < -0.3 is 10.0 Å². The van der Waals surface area contributed by atoms with Crippen LogP contribution in [0.15, 0.2) is 48.5 Å². The van der Waals surface area contributed by atoms with E-state index >= 15 is 0 Å². The summed E-state index contributed by atoms with van der Waals surface area (Å²) in [4.78, 5) is 17.9. The second-order valence-corrected chi connectivity index (χ2v) is 11.2. The average Bonchev–Trinajstić information content (AvgIpc) is 3.23. The second-order valence-electron chi connectivity index (χ2n) is 11.2. The number of amides is 1. The number of rotatable bonds is 3. The maximum absolute atomic E-state index is 14.8. The molecule has 1 N–H and O–H groups in total. The summed E-state index contributed by atoms with van der Waals surface area (Å²) in [5, 5.41) is 11.7. The fraction of sp³-hybridized carbons (Fsp3) is 0.536. The van der Waals surface area contributed by atoms with Crippen molar-refractivity contribution in [3.05, 3.63) is 71.3 Å². The molecule has 0 unspecified atom stereocenters. The minimum Gasteiger partial charge on any atom is -0.384 e. The first-order valence-corrected chi connectivity index (χ1v) is 12.2. The first kappa shape index (κ1) is 24.8. The van der Waals surface area contributed by atoms with Crippen LogP contribution in [0.3, 0.4) is 0 Å². The summed E-state index contributed by atoms with van der Waals surface area (Å²) in [7, 11) is 0. The number of piperidine rings is 1. The van der Waals surface area contributed by atoms with Gasteiger partial charge in [0.05, 0.1) is 11.5 Å². The standard InChI is InChI=1S/C28H36F2N2O2/c1-18-14-31(15-19(2)28(18,34)20-9-7-6-8-10-20)26(33)24-17-32(27(3,4)5)16-23(24)22-12-11-21(29)13-25(22)30/h6-13,18-19,23-24,34H,14-17H2,1-5H3/t18-,19+,23-,24-,28-/m0/s1. The van der Waals surface area contributed by atoms with Crippen molar-refractivity contribution in [3.63, 3.8) is 0 Å². The number of likely N-dealkylation sites (tertiary alicyclic amines) is 2. The number of hydrogen-bond donors (Lipinski definition) is 1. The van der Waals surface area contributed by atoms with Crippen molar-refractivity contribution in [2.45, 2.75) is 51.7 Å². The fourth-order valence-corrected chi connectivity index (χ4v) is 5.91. The Morgan fingerprint density at radius 1 is 0.971 bits per heavy atom. The van der Waals surface area contributed by atoms with E-state index in [0.717, 1.165) is 11.6 Å². The van der Waals surface area contributed by atoms with Crippen molar-refractivity contribution >= 4 is 5.91 Å². The van der Waals surface area contributed by atoms with Crippen LogP contribution in [0.25, 0.3) is 0 Å². The summed E-state index contributed by atoms with van der Waals surface area (Å²) in [5.74, 6) is -2.35. The SMILES string of the molecule is C[C@@H]1CN(C(=O)[C@H]2CN(C(C)(C)C)C[C@H]2c2ccc(F)cc2F)C[C@H](C)[C@@]1(O)c1ccccc1. The van der Waals surface area contributed by atoms with Gasteiger partial charge in [0.2, 0.25) is 5.91 Å². The molecule has 2 aromatic carbocycles. The largest absolute Gasteiger partial charge is 0.384 e. The van der Waals surface area contributed by atoms with Crippen LogP contribution in [0.1, 0.15) is 51.7 Å². The van der Waals surface area contributed by atoms with Gasteiger partial charge in [-0.15, -0.1) is 0 Å². The van der Waals surface area contributed by atoms with E-state index in [2.05, 4.69) is 25.7 Å². The fourth-order valence-electron chi connectivity index (χ4n) is 5.91. The van der Waals surface area contributed by atoms with Crippen LogP contribution in [0.4, 0.5) is 8.78 Å². The van der Waals surface area contributed by atoms with E-state index in [0.29, 0.717) is 31.7 Å². The molecule has 1 amide bonds. The van der Waals surface area contributed by atoms with Gasteiger partial charge in [0.1, 0.15) is 11.6 Å². The lowest BCUT2D eigenvalue weighted by Crippen LogP contribution is -2.57. The van der Waals surface area contributed by atoms with Crippen molar-refractivity contribution in [3.8, 4) is 0 Å². The zero-order valence-corrected chi connectivity index (χ0v) is 20.8. The third-order valence-corrected chi connectivity index (χ3v) is 7.99. The Labute approximate surface area is 201 Å². The molecule has 0 spiro atoms. The molecular formula is C28H36F2N2O2. The molecule has 4 rings (SSSR count). The molecule has 6 heteroatoms. The predicted octanol–water partition coefficient (Wildman–Crippen LogP) is 4.78. The van der Waals surface area contributed by atoms with Gasteiger partial charge in [-0.3, -0.25) is 9.69 Å². The molecule has 2 aromatic rings. The Morgan fingerprint density at radius 2 is 1.59 bits per heavy atom. The number of halogens is 2. The summed E-state index contributed by atoms with van der Waals surface area (Å²) < 4.78 is 28.4. The van der Waals surface area contributed by atoms with Gasteiger partial charge in [-0.25, -0.2) is 8.78 Å². The number of carbonyl (C=O) groups excluding carboxylic acids is 1. The lowest BCUT2D eigenvalue weighted by molar-refractivity contribution is -0.152. The molecule has 0 bridgehead atoms. The highest BCUT2D eigenvalue weighted by atomic mass is 19.1. The van der Waals surface area contributed by atoms with Crippen LogP contribution < -0.4 is 0 Å². The van der Waals surface area contributed by atoms with E-state index in [1.807, 2.05) is 49.1 Å². The summed E-state index contributed by atoms with van der Waals surface area (Å²) in [6, 6.07) is 13.3. The zero-order valence-electron chi connectivity index (χ0n) is 20.8. The van der Waals surface area contributed by atoms with Crippen molar-refractivity contribution in [2.24, 2.45) is 17.8 Å². The van der Waals surface area contributed by atoms with Gasteiger partial charge in [0.25, 0.3) is 0 Å². The third kappa shape index (κ3) is 4.38. The van der Waals surface area contributed by atoms with E-state index in [9.17, 15) is 18.7 Å². The van der Waals surface area contributed by atoms with Gasteiger partial charge >= 0.3 is 0 Å². The lowest BCUT2D eigenvalue weighted by Gasteiger charge is -2.48.